The molecule has 3 aromatic carbocycles. The number of nitrogens with zero attached hydrogens (tertiary/aromatic N) is 2. The minimum Gasteiger partial charge on any atom is -0.496 e. The van der Waals surface area contributed by atoms with Crippen molar-refractivity contribution in [1.29, 1.82) is 0 Å². The fourth-order valence-electron chi connectivity index (χ4n) is 3.79. The summed E-state index contributed by atoms with van der Waals surface area (Å²) in [5.41, 5.74) is 8.86. The van der Waals surface area contributed by atoms with Gasteiger partial charge >= 0.3 is 0 Å². The lowest BCUT2D eigenvalue weighted by Gasteiger charge is -2.13. The van der Waals surface area contributed by atoms with Gasteiger partial charge in [-0.25, -0.2) is 0 Å². The second kappa shape index (κ2) is 8.23. The number of ether oxygens (including phenoxy) is 1. The molecule has 146 valence electrons. The van der Waals surface area contributed by atoms with E-state index in [0.29, 0.717) is 6.54 Å². The summed E-state index contributed by atoms with van der Waals surface area (Å²) >= 11 is 0. The first-order valence-corrected chi connectivity index (χ1v) is 9.74. The van der Waals surface area contributed by atoms with Gasteiger partial charge in [0.05, 0.1) is 25.6 Å². The van der Waals surface area contributed by atoms with E-state index in [1.807, 2.05) is 30.5 Å². The van der Waals surface area contributed by atoms with Gasteiger partial charge in [-0.1, -0.05) is 54.6 Å². The maximum absolute atomic E-state index is 5.39. The van der Waals surface area contributed by atoms with Crippen LogP contribution >= 0.6 is 0 Å². The number of methoxy groups -OCH3 is 1. The van der Waals surface area contributed by atoms with E-state index in [-0.39, 0.29) is 0 Å². The molecule has 1 heterocycles. The van der Waals surface area contributed by atoms with Gasteiger partial charge in [-0.15, -0.1) is 0 Å². The summed E-state index contributed by atoms with van der Waals surface area (Å²) in [7, 11) is 1.68. The number of para-hydroxylation sites is 1. The molecule has 0 radical (unpaired) electrons. The zero-order chi connectivity index (χ0) is 20.2. The first-order chi connectivity index (χ1) is 14.2. The van der Waals surface area contributed by atoms with Crippen molar-refractivity contribution in [3.63, 3.8) is 0 Å². The van der Waals surface area contributed by atoms with Crippen molar-refractivity contribution < 1.29 is 4.74 Å². The van der Waals surface area contributed by atoms with Crippen molar-refractivity contribution >= 4 is 17.0 Å². The van der Waals surface area contributed by atoms with Crippen molar-refractivity contribution in [3.8, 4) is 11.4 Å². The third-order valence-electron chi connectivity index (χ3n) is 5.23. The molecule has 1 aromatic heterocycles. The molecule has 0 aliphatic carbocycles. The molecule has 0 saturated carbocycles. The van der Waals surface area contributed by atoms with Crippen LogP contribution in [0.2, 0.25) is 0 Å². The monoisotopic (exact) mass is 383 g/mol. The fourth-order valence-corrected chi connectivity index (χ4v) is 3.79. The van der Waals surface area contributed by atoms with Crippen molar-refractivity contribution in [2.45, 2.75) is 20.4 Å². The summed E-state index contributed by atoms with van der Waals surface area (Å²) in [4.78, 5) is 0. The van der Waals surface area contributed by atoms with Crippen molar-refractivity contribution in [3.05, 3.63) is 95.3 Å². The molecule has 4 heteroatoms. The Balaban J connectivity index is 1.58. The largest absolute Gasteiger partial charge is 0.496 e. The number of aryl methyl sites for hydroxylation is 1. The van der Waals surface area contributed by atoms with E-state index >= 15 is 0 Å². The number of nitrogens with one attached hydrogen (secondary N) is 1. The topological polar surface area (TPSA) is 38.5 Å². The minimum absolute atomic E-state index is 0.614. The summed E-state index contributed by atoms with van der Waals surface area (Å²) < 4.78 is 7.68. The molecule has 0 saturated heterocycles. The van der Waals surface area contributed by atoms with Gasteiger partial charge in [0.15, 0.2) is 0 Å². The highest BCUT2D eigenvalue weighted by Gasteiger charge is 2.11. The zero-order valence-corrected chi connectivity index (χ0v) is 17.0. The number of aromatic nitrogens is 1. The lowest BCUT2D eigenvalue weighted by atomic mass is 10.1. The van der Waals surface area contributed by atoms with Gasteiger partial charge < -0.3 is 14.7 Å². The predicted octanol–water partition coefficient (Wildman–Crippen LogP) is 5.38. The molecule has 1 N–H and O–H groups in total. The molecule has 0 amide bonds. The highest BCUT2D eigenvalue weighted by Crippen LogP contribution is 2.26. The highest BCUT2D eigenvalue weighted by molar-refractivity contribution is 5.91. The quantitative estimate of drug-likeness (QED) is 0.359. The second-order valence-corrected chi connectivity index (χ2v) is 7.07. The van der Waals surface area contributed by atoms with Gasteiger partial charge in [-0.05, 0) is 37.4 Å². The van der Waals surface area contributed by atoms with Crippen LogP contribution in [0.25, 0.3) is 16.5 Å². The third-order valence-corrected chi connectivity index (χ3v) is 5.23. The van der Waals surface area contributed by atoms with E-state index in [9.17, 15) is 0 Å². The van der Waals surface area contributed by atoms with Crippen molar-refractivity contribution in [2.75, 3.05) is 7.11 Å². The lowest BCUT2D eigenvalue weighted by Crippen LogP contribution is -2.07. The molecular weight excluding hydrogens is 358 g/mol. The molecule has 0 fully saturated rings. The van der Waals surface area contributed by atoms with E-state index in [2.05, 4.69) is 77.5 Å². The van der Waals surface area contributed by atoms with Crippen LogP contribution in [0.5, 0.6) is 5.75 Å². The van der Waals surface area contributed by atoms with E-state index in [4.69, 9.17) is 4.74 Å². The highest BCUT2D eigenvalue weighted by atomic mass is 16.5. The average Bonchev–Trinajstić information content (AvgIpc) is 3.04. The second-order valence-electron chi connectivity index (χ2n) is 7.07. The summed E-state index contributed by atoms with van der Waals surface area (Å²) in [5.74, 6) is 0.865. The maximum Gasteiger partial charge on any atom is 0.123 e. The maximum atomic E-state index is 5.39. The van der Waals surface area contributed by atoms with Gasteiger partial charge in [0.1, 0.15) is 5.75 Å². The Bertz CT molecular complexity index is 1170. The zero-order valence-electron chi connectivity index (χ0n) is 17.0. The molecule has 0 aliphatic rings. The number of hydrazone groups is 1. The first-order valence-electron chi connectivity index (χ1n) is 9.74. The Kier molecular flexibility index (Phi) is 5.34. The summed E-state index contributed by atoms with van der Waals surface area (Å²) in [6, 6.07) is 25.0. The summed E-state index contributed by atoms with van der Waals surface area (Å²) in [6.45, 7) is 4.88. The van der Waals surface area contributed by atoms with Gasteiger partial charge in [-0.3, -0.25) is 0 Å². The van der Waals surface area contributed by atoms with Crippen LogP contribution in [0, 0.1) is 13.8 Å². The Morgan fingerprint density at radius 1 is 0.966 bits per heavy atom. The molecule has 4 aromatic rings. The number of benzene rings is 3. The Morgan fingerprint density at radius 2 is 1.72 bits per heavy atom. The smallest absolute Gasteiger partial charge is 0.123 e. The number of rotatable bonds is 6. The fraction of sp³-hybridized carbons (Fsp3) is 0.160. The molecule has 0 atom stereocenters. The molecule has 0 spiro atoms. The van der Waals surface area contributed by atoms with Crippen LogP contribution in [-0.4, -0.2) is 17.9 Å². The normalized spacial score (nSPS) is 11.3. The molecule has 29 heavy (non-hydrogen) atoms. The summed E-state index contributed by atoms with van der Waals surface area (Å²) in [6.07, 6.45) is 1.89. The van der Waals surface area contributed by atoms with E-state index in [1.54, 1.807) is 7.11 Å². The van der Waals surface area contributed by atoms with Crippen LogP contribution in [0.15, 0.2) is 77.9 Å². The van der Waals surface area contributed by atoms with Crippen LogP contribution in [0.4, 0.5) is 0 Å². The summed E-state index contributed by atoms with van der Waals surface area (Å²) in [5, 5.41) is 6.93. The molecular formula is C25H25N3O. The number of hydrogen-bond donors (Lipinski definition) is 1. The van der Waals surface area contributed by atoms with Gasteiger partial charge in [0.2, 0.25) is 0 Å². The van der Waals surface area contributed by atoms with E-state index in [0.717, 1.165) is 16.9 Å². The number of fused-ring (bicyclic) bond motifs is 1. The predicted molar refractivity (Wildman–Crippen MR) is 120 cm³/mol. The SMILES string of the molecule is COc1ccccc1CN/N=C\c1cc(C)n(-c2cccc3ccccc23)c1C. The van der Waals surface area contributed by atoms with E-state index in [1.165, 1.54) is 27.8 Å². The van der Waals surface area contributed by atoms with Gasteiger partial charge in [0, 0.05) is 27.9 Å². The van der Waals surface area contributed by atoms with Crippen LogP contribution in [0.1, 0.15) is 22.5 Å². The lowest BCUT2D eigenvalue weighted by molar-refractivity contribution is 0.408. The van der Waals surface area contributed by atoms with Crippen molar-refractivity contribution in [2.24, 2.45) is 5.10 Å². The standard InChI is InChI=1S/C25H25N3O/c1-18-15-22(17-27-26-16-21-10-5-7-14-25(21)29-3)19(2)28(18)24-13-8-11-20-9-4-6-12-23(20)24/h4-15,17,26H,16H2,1-3H3/b27-17-. The average molecular weight is 383 g/mol. The Hall–Kier alpha value is -3.53. The molecule has 0 aliphatic heterocycles. The van der Waals surface area contributed by atoms with Crippen LogP contribution in [-0.2, 0) is 6.54 Å². The van der Waals surface area contributed by atoms with Gasteiger partial charge in [-0.2, -0.15) is 5.10 Å². The molecule has 4 rings (SSSR count). The Morgan fingerprint density at radius 3 is 2.59 bits per heavy atom. The number of hydrogen-bond acceptors (Lipinski definition) is 3. The molecule has 4 nitrogen and oxygen atoms in total. The molecule has 0 bridgehead atoms. The third kappa shape index (κ3) is 3.74. The van der Waals surface area contributed by atoms with Gasteiger partial charge in [0.25, 0.3) is 0 Å². The first kappa shape index (κ1) is 18.8. The molecule has 0 unspecified atom stereocenters. The Labute approximate surface area is 171 Å². The van der Waals surface area contributed by atoms with E-state index < -0.39 is 0 Å². The van der Waals surface area contributed by atoms with Crippen LogP contribution in [0.3, 0.4) is 0 Å². The van der Waals surface area contributed by atoms with Crippen molar-refractivity contribution in [1.82, 2.24) is 9.99 Å². The van der Waals surface area contributed by atoms with Crippen LogP contribution < -0.4 is 10.2 Å². The minimum atomic E-state index is 0.614.